The molecule has 3 rings (SSSR count). The van der Waals surface area contributed by atoms with Crippen LogP contribution in [0.5, 0.6) is 5.75 Å². The van der Waals surface area contributed by atoms with E-state index in [2.05, 4.69) is 9.97 Å². The van der Waals surface area contributed by atoms with Crippen LogP contribution in [0.2, 0.25) is 10.0 Å². The summed E-state index contributed by atoms with van der Waals surface area (Å²) in [7, 11) is -0.553. The molecule has 0 radical (unpaired) electrons. The second-order valence-electron chi connectivity index (χ2n) is 4.36. The zero-order valence-corrected chi connectivity index (χ0v) is 13.2. The fraction of sp³-hybridized carbons (Fsp3) is 0. The minimum absolute atomic E-state index is 0.178. The molecule has 0 aliphatic heterocycles. The van der Waals surface area contributed by atoms with Crippen LogP contribution in [0.3, 0.4) is 0 Å². The topological polar surface area (TPSA) is 72.0 Å². The van der Waals surface area contributed by atoms with E-state index in [-0.39, 0.29) is 22.2 Å². The lowest BCUT2D eigenvalue weighted by Gasteiger charge is -2.08. The molecule has 3 aromatic rings. The van der Waals surface area contributed by atoms with Gasteiger partial charge in [0.15, 0.2) is 5.75 Å². The van der Waals surface area contributed by atoms with Crippen molar-refractivity contribution >= 4 is 42.8 Å². The maximum atomic E-state index is 12.2. The highest BCUT2D eigenvalue weighted by Gasteiger charge is 2.14. The van der Waals surface area contributed by atoms with Gasteiger partial charge in [0.05, 0.1) is 21.5 Å². The molecule has 0 saturated carbocycles. The lowest BCUT2D eigenvalue weighted by Crippen LogP contribution is -2.09. The molecule has 0 bridgehead atoms. The van der Waals surface area contributed by atoms with Gasteiger partial charge < -0.3 is 9.51 Å². The predicted octanol–water partition coefficient (Wildman–Crippen LogP) is 4.48. The molecule has 5 nitrogen and oxygen atoms in total. The normalized spacial score (nSPS) is 11.0. The van der Waals surface area contributed by atoms with Crippen LogP contribution in [0.1, 0.15) is 0 Å². The van der Waals surface area contributed by atoms with Crippen molar-refractivity contribution in [2.45, 2.75) is 0 Å². The van der Waals surface area contributed by atoms with E-state index >= 15 is 0 Å². The Morgan fingerprint density at radius 1 is 1.18 bits per heavy atom. The maximum Gasteiger partial charge on any atom is 0.395 e. The molecule has 22 heavy (non-hydrogen) atoms. The van der Waals surface area contributed by atoms with Gasteiger partial charge in [-0.3, -0.25) is 4.79 Å². The molecule has 2 aromatic carbocycles. The molecule has 0 aliphatic rings. The second kappa shape index (κ2) is 6.05. The van der Waals surface area contributed by atoms with Gasteiger partial charge in [0.25, 0.3) is 5.56 Å². The van der Waals surface area contributed by atoms with E-state index in [1.54, 1.807) is 30.3 Å². The first-order chi connectivity index (χ1) is 10.6. The van der Waals surface area contributed by atoms with Crippen molar-refractivity contribution in [3.8, 4) is 17.1 Å². The Morgan fingerprint density at radius 3 is 2.77 bits per heavy atom. The minimum atomic E-state index is -0.553. The fourth-order valence-electron chi connectivity index (χ4n) is 2.06. The predicted molar refractivity (Wildman–Crippen MR) is 86.1 cm³/mol. The Bertz CT molecular complexity index is 943. The highest BCUT2D eigenvalue weighted by Crippen LogP contribution is 2.36. The number of rotatable bonds is 3. The molecule has 0 fully saturated rings. The van der Waals surface area contributed by atoms with Gasteiger partial charge in [0, 0.05) is 5.02 Å². The lowest BCUT2D eigenvalue weighted by molar-refractivity contribution is 0.526. The van der Waals surface area contributed by atoms with Crippen molar-refractivity contribution < 1.29 is 9.09 Å². The number of hydrogen-bond acceptors (Lipinski definition) is 4. The first-order valence-electron chi connectivity index (χ1n) is 6.08. The van der Waals surface area contributed by atoms with E-state index in [4.69, 9.17) is 27.7 Å². The number of fused-ring (bicyclic) bond motifs is 1. The Balaban J connectivity index is 2.28. The van der Waals surface area contributed by atoms with Gasteiger partial charge in [-0.25, -0.2) is 9.55 Å². The van der Waals surface area contributed by atoms with Crippen molar-refractivity contribution in [1.82, 2.24) is 9.97 Å². The van der Waals surface area contributed by atoms with Gasteiger partial charge in [-0.15, -0.1) is 0 Å². The number of aromatic nitrogens is 2. The van der Waals surface area contributed by atoms with Crippen molar-refractivity contribution in [2.75, 3.05) is 0 Å². The highest BCUT2D eigenvalue weighted by atomic mass is 35.5. The number of nitrogens with zero attached hydrogens (tertiary/aromatic N) is 1. The number of H-pyrrole nitrogens is 1. The van der Waals surface area contributed by atoms with Gasteiger partial charge in [-0.2, -0.15) is 0 Å². The number of aromatic amines is 1. The number of hydrogen-bond donors (Lipinski definition) is 1. The molecule has 1 aromatic heterocycles. The lowest BCUT2D eigenvalue weighted by atomic mass is 10.1. The average molecular weight is 353 g/mol. The quantitative estimate of drug-likeness (QED) is 0.705. The second-order valence-corrected chi connectivity index (χ2v) is 5.53. The van der Waals surface area contributed by atoms with Crippen LogP contribution in [0.15, 0.2) is 41.2 Å². The Hall–Kier alpha value is -1.94. The molecule has 0 atom stereocenters. The summed E-state index contributed by atoms with van der Waals surface area (Å²) in [6.45, 7) is 0. The van der Waals surface area contributed by atoms with Crippen LogP contribution in [0, 0.1) is 0 Å². The summed E-state index contributed by atoms with van der Waals surface area (Å²) in [4.78, 5) is 19.2. The van der Waals surface area contributed by atoms with E-state index in [1.807, 2.05) is 0 Å². The number of benzene rings is 2. The van der Waals surface area contributed by atoms with Crippen LogP contribution in [-0.4, -0.2) is 9.97 Å². The molecule has 8 heteroatoms. The third kappa shape index (κ3) is 2.71. The maximum absolute atomic E-state index is 12.2. The Labute approximate surface area is 136 Å². The number of nitrogens with one attached hydrogen (secondary N) is 1. The van der Waals surface area contributed by atoms with Crippen molar-refractivity contribution in [1.29, 1.82) is 0 Å². The van der Waals surface area contributed by atoms with E-state index in [0.29, 0.717) is 21.5 Å². The average Bonchev–Trinajstić information content (AvgIpc) is 2.50. The minimum Gasteiger partial charge on any atom is -0.405 e. The van der Waals surface area contributed by atoms with Crippen LogP contribution in [0.25, 0.3) is 22.3 Å². The molecule has 0 saturated heterocycles. The third-order valence-corrected chi connectivity index (χ3v) is 3.81. The van der Waals surface area contributed by atoms with Crippen LogP contribution >= 0.6 is 31.9 Å². The summed E-state index contributed by atoms with van der Waals surface area (Å²) in [5.41, 5.74) is 0.576. The first-order valence-corrected chi connectivity index (χ1v) is 7.57. The molecule has 1 heterocycles. The summed E-state index contributed by atoms with van der Waals surface area (Å²) < 4.78 is 15.7. The number of halogens is 2. The fourth-order valence-corrected chi connectivity index (χ4v) is 2.77. The molecule has 110 valence electrons. The van der Waals surface area contributed by atoms with Crippen LogP contribution in [0.4, 0.5) is 0 Å². The SMILES string of the molecule is O=POc1c(Cl)cccc1-c1nc2ccc(Cl)cc2c(=O)[nH]1. The van der Waals surface area contributed by atoms with Crippen molar-refractivity contribution in [2.24, 2.45) is 0 Å². The van der Waals surface area contributed by atoms with Gasteiger partial charge in [0.2, 0.25) is 0 Å². The molecule has 0 aliphatic carbocycles. The summed E-state index contributed by atoms with van der Waals surface area (Å²) in [6.07, 6.45) is 0. The molecule has 0 amide bonds. The molecular weight excluding hydrogens is 346 g/mol. The van der Waals surface area contributed by atoms with Crippen LogP contribution < -0.4 is 10.1 Å². The largest absolute Gasteiger partial charge is 0.405 e. The molecule has 1 N–H and O–H groups in total. The van der Waals surface area contributed by atoms with E-state index in [0.717, 1.165) is 0 Å². The van der Waals surface area contributed by atoms with Crippen molar-refractivity contribution in [3.63, 3.8) is 0 Å². The monoisotopic (exact) mass is 352 g/mol. The van der Waals surface area contributed by atoms with Crippen molar-refractivity contribution in [3.05, 3.63) is 56.8 Å². The van der Waals surface area contributed by atoms with E-state index in [1.165, 1.54) is 6.07 Å². The van der Waals surface area contributed by atoms with E-state index < -0.39 is 8.69 Å². The highest BCUT2D eigenvalue weighted by molar-refractivity contribution is 7.17. The zero-order chi connectivity index (χ0) is 15.7. The first kappa shape index (κ1) is 15.0. The van der Waals surface area contributed by atoms with Gasteiger partial charge in [0.1, 0.15) is 5.82 Å². The summed E-state index contributed by atoms with van der Waals surface area (Å²) in [5.74, 6) is 0.443. The zero-order valence-electron chi connectivity index (χ0n) is 10.8. The standard InChI is InChI=1S/C14H7Cl2N2O3P/c15-7-4-5-11-9(6-7)14(19)18-13(17-11)8-2-1-3-10(16)12(8)21-22-20/h1-6H,(H,17,18,19). The number of para-hydroxylation sites is 1. The molecular formula is C14H7Cl2N2O3P. The Kier molecular flexibility index (Phi) is 4.12. The summed E-state index contributed by atoms with van der Waals surface area (Å²) in [5, 5.41) is 1.09. The Morgan fingerprint density at radius 2 is 2.00 bits per heavy atom. The third-order valence-electron chi connectivity index (χ3n) is 3.02. The summed E-state index contributed by atoms with van der Waals surface area (Å²) in [6, 6.07) is 9.76. The van der Waals surface area contributed by atoms with Gasteiger partial charge in [-0.05, 0) is 30.3 Å². The summed E-state index contributed by atoms with van der Waals surface area (Å²) >= 11 is 11.9. The molecule has 0 spiro atoms. The van der Waals surface area contributed by atoms with Crippen LogP contribution in [-0.2, 0) is 4.57 Å². The molecule has 0 unspecified atom stereocenters. The van der Waals surface area contributed by atoms with Gasteiger partial charge >= 0.3 is 8.69 Å². The van der Waals surface area contributed by atoms with Gasteiger partial charge in [-0.1, -0.05) is 29.3 Å². The van der Waals surface area contributed by atoms with E-state index in [9.17, 15) is 9.36 Å². The smallest absolute Gasteiger partial charge is 0.395 e.